The molecular formula is C9H6N2O4. The van der Waals surface area contributed by atoms with Crippen LogP contribution in [0.3, 0.4) is 0 Å². The first-order valence-electron chi connectivity index (χ1n) is 4.05. The van der Waals surface area contributed by atoms with Crippen LogP contribution in [0.15, 0.2) is 18.2 Å². The highest BCUT2D eigenvalue weighted by molar-refractivity contribution is 6.22. The Morgan fingerprint density at radius 2 is 2.00 bits per heavy atom. The molecule has 1 heterocycles. The van der Waals surface area contributed by atoms with Crippen LogP contribution in [-0.4, -0.2) is 17.9 Å². The number of benzene rings is 1. The molecule has 2 rings (SSSR count). The maximum atomic E-state index is 11.3. The van der Waals surface area contributed by atoms with E-state index in [9.17, 15) is 14.4 Å². The van der Waals surface area contributed by atoms with Crippen molar-refractivity contribution >= 4 is 17.9 Å². The minimum atomic E-state index is -1.03. The highest BCUT2D eigenvalue weighted by atomic mass is 16.5. The molecule has 0 bridgehead atoms. The fourth-order valence-electron chi connectivity index (χ4n) is 1.38. The van der Waals surface area contributed by atoms with Crippen LogP contribution in [0.5, 0.6) is 5.75 Å². The van der Waals surface area contributed by atoms with Gasteiger partial charge in [0.25, 0.3) is 11.8 Å². The predicted molar refractivity (Wildman–Crippen MR) is 48.5 cm³/mol. The van der Waals surface area contributed by atoms with E-state index in [0.717, 1.165) is 0 Å². The predicted octanol–water partition coefficient (Wildman–Crippen LogP) is 0.0277. The summed E-state index contributed by atoms with van der Waals surface area (Å²) >= 11 is 0. The molecule has 0 spiro atoms. The number of carbonyl (C=O) groups excluding carboxylic acids is 3. The smallest absolute Gasteiger partial charge is 0.409 e. The molecule has 0 aliphatic carbocycles. The molecule has 3 N–H and O–H groups in total. The Labute approximate surface area is 84.0 Å². The molecule has 15 heavy (non-hydrogen) atoms. The first-order chi connectivity index (χ1) is 7.09. The fraction of sp³-hybridized carbons (Fsp3) is 0. The number of rotatable bonds is 1. The molecule has 1 aromatic rings. The summed E-state index contributed by atoms with van der Waals surface area (Å²) in [5, 5.41) is 2.09. The van der Waals surface area contributed by atoms with E-state index >= 15 is 0 Å². The van der Waals surface area contributed by atoms with Gasteiger partial charge in [0, 0.05) is 0 Å². The third-order valence-corrected chi connectivity index (χ3v) is 1.94. The number of nitrogens with two attached hydrogens (primary N) is 1. The monoisotopic (exact) mass is 206 g/mol. The van der Waals surface area contributed by atoms with Gasteiger partial charge in [-0.1, -0.05) is 6.07 Å². The number of primary amides is 1. The number of nitrogens with one attached hydrogen (secondary N) is 1. The Morgan fingerprint density at radius 1 is 1.27 bits per heavy atom. The minimum Gasteiger partial charge on any atom is -0.410 e. The van der Waals surface area contributed by atoms with Crippen LogP contribution in [0.4, 0.5) is 4.79 Å². The number of amides is 3. The molecular weight excluding hydrogens is 200 g/mol. The molecule has 0 saturated heterocycles. The molecule has 0 saturated carbocycles. The van der Waals surface area contributed by atoms with Gasteiger partial charge in [-0.3, -0.25) is 14.9 Å². The Morgan fingerprint density at radius 3 is 2.67 bits per heavy atom. The van der Waals surface area contributed by atoms with Gasteiger partial charge in [0.05, 0.1) is 11.1 Å². The third-order valence-electron chi connectivity index (χ3n) is 1.94. The van der Waals surface area contributed by atoms with Crippen molar-refractivity contribution in [2.24, 2.45) is 5.73 Å². The molecule has 1 aliphatic heterocycles. The fourth-order valence-corrected chi connectivity index (χ4v) is 1.38. The van der Waals surface area contributed by atoms with E-state index in [2.05, 4.69) is 10.1 Å². The van der Waals surface area contributed by atoms with Crippen molar-refractivity contribution in [1.29, 1.82) is 0 Å². The number of hydrogen-bond donors (Lipinski definition) is 2. The van der Waals surface area contributed by atoms with E-state index in [1.165, 1.54) is 18.2 Å². The van der Waals surface area contributed by atoms with Crippen LogP contribution in [0.2, 0.25) is 0 Å². The zero-order chi connectivity index (χ0) is 11.0. The second kappa shape index (κ2) is 3.09. The molecule has 6 nitrogen and oxygen atoms in total. The van der Waals surface area contributed by atoms with Gasteiger partial charge in [0.15, 0.2) is 0 Å². The van der Waals surface area contributed by atoms with Crippen molar-refractivity contribution in [1.82, 2.24) is 5.32 Å². The summed E-state index contributed by atoms with van der Waals surface area (Å²) in [5.74, 6) is -1.11. The van der Waals surface area contributed by atoms with Gasteiger partial charge in [-0.2, -0.15) is 0 Å². The summed E-state index contributed by atoms with van der Waals surface area (Å²) in [7, 11) is 0. The summed E-state index contributed by atoms with van der Waals surface area (Å²) in [5.41, 5.74) is 5.04. The first-order valence-corrected chi connectivity index (χ1v) is 4.05. The average molecular weight is 206 g/mol. The third kappa shape index (κ3) is 1.41. The largest absolute Gasteiger partial charge is 0.410 e. The second-order valence-corrected chi connectivity index (χ2v) is 2.88. The first kappa shape index (κ1) is 9.20. The van der Waals surface area contributed by atoms with Crippen molar-refractivity contribution in [3.8, 4) is 5.75 Å². The Kier molecular flexibility index (Phi) is 1.89. The average Bonchev–Trinajstić information content (AvgIpc) is 2.43. The number of imide groups is 1. The number of ether oxygens (including phenoxy) is 1. The SMILES string of the molecule is NC(=O)Oc1cccc2c1C(=O)NC2=O. The summed E-state index contributed by atoms with van der Waals surface area (Å²) in [4.78, 5) is 33.1. The van der Waals surface area contributed by atoms with Crippen molar-refractivity contribution in [3.63, 3.8) is 0 Å². The van der Waals surface area contributed by atoms with Crippen LogP contribution in [0, 0.1) is 0 Å². The maximum absolute atomic E-state index is 11.3. The van der Waals surface area contributed by atoms with E-state index in [4.69, 9.17) is 5.73 Å². The van der Waals surface area contributed by atoms with Gasteiger partial charge in [0.2, 0.25) is 0 Å². The van der Waals surface area contributed by atoms with Gasteiger partial charge < -0.3 is 10.5 Å². The van der Waals surface area contributed by atoms with Crippen LogP contribution >= 0.6 is 0 Å². The molecule has 1 aromatic carbocycles. The standard InChI is InChI=1S/C9H6N2O4/c10-9(14)15-5-3-1-2-4-6(5)8(13)11-7(4)12/h1-3H,(H2,10,14)(H,11,12,13). The molecule has 0 atom stereocenters. The topological polar surface area (TPSA) is 98.5 Å². The normalized spacial score (nSPS) is 13.3. The van der Waals surface area contributed by atoms with Crippen molar-refractivity contribution in [2.45, 2.75) is 0 Å². The van der Waals surface area contributed by atoms with Gasteiger partial charge >= 0.3 is 6.09 Å². The van der Waals surface area contributed by atoms with Gasteiger partial charge in [-0.05, 0) is 12.1 Å². The lowest BCUT2D eigenvalue weighted by molar-refractivity contribution is 0.0879. The second-order valence-electron chi connectivity index (χ2n) is 2.88. The van der Waals surface area contributed by atoms with E-state index in [0.29, 0.717) is 0 Å². The van der Waals surface area contributed by atoms with Crippen LogP contribution in [0.1, 0.15) is 20.7 Å². The molecule has 0 unspecified atom stereocenters. The van der Waals surface area contributed by atoms with Crippen molar-refractivity contribution in [3.05, 3.63) is 29.3 Å². The molecule has 0 radical (unpaired) electrons. The highest BCUT2D eigenvalue weighted by Crippen LogP contribution is 2.26. The summed E-state index contributed by atoms with van der Waals surface area (Å²) in [6, 6.07) is 4.35. The molecule has 1 aliphatic rings. The van der Waals surface area contributed by atoms with Crippen LogP contribution in [0.25, 0.3) is 0 Å². The maximum Gasteiger partial charge on any atom is 0.409 e. The van der Waals surface area contributed by atoms with Crippen molar-refractivity contribution < 1.29 is 19.1 Å². The lowest BCUT2D eigenvalue weighted by atomic mass is 10.1. The van der Waals surface area contributed by atoms with Gasteiger partial charge in [-0.25, -0.2) is 4.79 Å². The summed E-state index contributed by atoms with van der Waals surface area (Å²) < 4.78 is 4.60. The zero-order valence-corrected chi connectivity index (χ0v) is 7.44. The number of hydrogen-bond acceptors (Lipinski definition) is 4. The molecule has 6 heteroatoms. The van der Waals surface area contributed by atoms with Crippen LogP contribution in [-0.2, 0) is 0 Å². The van der Waals surface area contributed by atoms with E-state index in [-0.39, 0.29) is 16.9 Å². The van der Waals surface area contributed by atoms with E-state index in [1.54, 1.807) is 0 Å². The minimum absolute atomic E-state index is 0.0108. The Bertz CT molecular complexity index is 481. The zero-order valence-electron chi connectivity index (χ0n) is 7.44. The van der Waals surface area contributed by atoms with Crippen LogP contribution < -0.4 is 15.8 Å². The van der Waals surface area contributed by atoms with Crippen molar-refractivity contribution in [2.75, 3.05) is 0 Å². The summed E-state index contributed by atoms with van der Waals surface area (Å²) in [6.45, 7) is 0. The van der Waals surface area contributed by atoms with Gasteiger partial charge in [0.1, 0.15) is 5.75 Å². The molecule has 0 fully saturated rings. The number of fused-ring (bicyclic) bond motifs is 1. The summed E-state index contributed by atoms with van der Waals surface area (Å²) in [6.07, 6.45) is -1.03. The Hall–Kier alpha value is -2.37. The van der Waals surface area contributed by atoms with E-state index in [1.807, 2.05) is 0 Å². The molecule has 76 valence electrons. The van der Waals surface area contributed by atoms with E-state index < -0.39 is 17.9 Å². The van der Waals surface area contributed by atoms with Gasteiger partial charge in [-0.15, -0.1) is 0 Å². The quantitative estimate of drug-likeness (QED) is 0.633. The number of carbonyl (C=O) groups is 3. The molecule has 0 aromatic heterocycles. The highest BCUT2D eigenvalue weighted by Gasteiger charge is 2.30. The molecule has 3 amide bonds. The Balaban J connectivity index is 2.55. The lowest BCUT2D eigenvalue weighted by Crippen LogP contribution is -2.21. The lowest BCUT2D eigenvalue weighted by Gasteiger charge is -2.03.